The van der Waals surface area contributed by atoms with Gasteiger partial charge in [0.25, 0.3) is 5.91 Å². The molecule has 0 aliphatic carbocycles. The van der Waals surface area contributed by atoms with E-state index < -0.39 is 0 Å². The Morgan fingerprint density at radius 2 is 1.87 bits per heavy atom. The van der Waals surface area contributed by atoms with Crippen molar-refractivity contribution < 1.29 is 18.7 Å². The number of guanidine groups is 1. The Balaban J connectivity index is 0.00000341. The highest BCUT2D eigenvalue weighted by Gasteiger charge is 2.25. The molecule has 1 saturated heterocycles. The number of methoxy groups -OCH3 is 1. The van der Waals surface area contributed by atoms with Crippen LogP contribution in [-0.2, 0) is 0 Å². The molecule has 1 aliphatic heterocycles. The fourth-order valence-electron chi connectivity index (χ4n) is 3.23. The van der Waals surface area contributed by atoms with Gasteiger partial charge >= 0.3 is 0 Å². The number of carbonyl (C=O) groups excluding carboxylic acids is 1. The number of piperazine rings is 1. The summed E-state index contributed by atoms with van der Waals surface area (Å²) in [4.78, 5) is 21.2. The van der Waals surface area contributed by atoms with Crippen LogP contribution in [0.3, 0.4) is 0 Å². The number of hydrogen-bond donors (Lipinski definition) is 1. The molecule has 31 heavy (non-hydrogen) atoms. The highest BCUT2D eigenvalue weighted by Crippen LogP contribution is 2.18. The summed E-state index contributed by atoms with van der Waals surface area (Å²) in [5, 5.41) is 3.34. The molecule has 1 fully saturated rings. The first-order chi connectivity index (χ1) is 14.7. The minimum Gasteiger partial charge on any atom is -0.497 e. The number of nitrogens with one attached hydrogen (secondary N) is 1. The Morgan fingerprint density at radius 3 is 2.55 bits per heavy atom. The van der Waals surface area contributed by atoms with E-state index in [1.165, 1.54) is 6.26 Å². The number of furan rings is 1. The topological polar surface area (TPSA) is 79.5 Å². The van der Waals surface area contributed by atoms with Crippen molar-refractivity contribution in [3.05, 3.63) is 48.4 Å². The fourth-order valence-corrected chi connectivity index (χ4v) is 3.23. The van der Waals surface area contributed by atoms with Crippen molar-refractivity contribution in [2.24, 2.45) is 4.99 Å². The van der Waals surface area contributed by atoms with Gasteiger partial charge < -0.3 is 29.0 Å². The van der Waals surface area contributed by atoms with Crippen molar-refractivity contribution in [2.45, 2.75) is 13.3 Å². The fraction of sp³-hybridized carbons (Fsp3) is 0.455. The third-order valence-corrected chi connectivity index (χ3v) is 4.81. The molecule has 1 aliphatic rings. The third kappa shape index (κ3) is 7.34. The average molecular weight is 542 g/mol. The third-order valence-electron chi connectivity index (χ3n) is 4.81. The van der Waals surface area contributed by atoms with Crippen LogP contribution >= 0.6 is 24.0 Å². The molecule has 0 unspecified atom stereocenters. The maximum absolute atomic E-state index is 12.4. The number of aliphatic imine (C=N–C) groups is 1. The molecule has 1 aromatic carbocycles. The quantitative estimate of drug-likeness (QED) is 0.239. The monoisotopic (exact) mass is 542 g/mol. The van der Waals surface area contributed by atoms with Crippen molar-refractivity contribution >= 4 is 35.8 Å². The van der Waals surface area contributed by atoms with E-state index >= 15 is 0 Å². The molecule has 9 heteroatoms. The van der Waals surface area contributed by atoms with E-state index in [-0.39, 0.29) is 29.9 Å². The summed E-state index contributed by atoms with van der Waals surface area (Å²) in [5.41, 5.74) is 0. The standard InChI is InChI=1S/C22H30N4O4.HI/c1-3-23-22(24-10-6-16-29-19-8-4-7-18(17-19)28-2)26-13-11-25(12-14-26)21(27)20-9-5-15-30-20;/h4-5,7-9,15,17H,3,6,10-14,16H2,1-2H3,(H,23,24);1H. The first-order valence-corrected chi connectivity index (χ1v) is 10.3. The zero-order valence-corrected chi connectivity index (χ0v) is 20.4. The van der Waals surface area contributed by atoms with Gasteiger partial charge in [0.15, 0.2) is 11.7 Å². The largest absolute Gasteiger partial charge is 0.497 e. The van der Waals surface area contributed by atoms with Crippen molar-refractivity contribution in [3.63, 3.8) is 0 Å². The van der Waals surface area contributed by atoms with E-state index in [2.05, 4.69) is 17.1 Å². The highest BCUT2D eigenvalue weighted by molar-refractivity contribution is 14.0. The normalized spacial score (nSPS) is 14.1. The summed E-state index contributed by atoms with van der Waals surface area (Å²) < 4.78 is 16.2. The van der Waals surface area contributed by atoms with E-state index in [9.17, 15) is 4.79 Å². The lowest BCUT2D eigenvalue weighted by Crippen LogP contribution is -2.53. The van der Waals surface area contributed by atoms with Gasteiger partial charge in [-0.3, -0.25) is 9.79 Å². The smallest absolute Gasteiger partial charge is 0.289 e. The number of ether oxygens (including phenoxy) is 2. The lowest BCUT2D eigenvalue weighted by atomic mass is 10.3. The van der Waals surface area contributed by atoms with E-state index in [1.807, 2.05) is 29.2 Å². The number of carbonyl (C=O) groups is 1. The summed E-state index contributed by atoms with van der Waals surface area (Å²) in [5.74, 6) is 2.78. The number of halogens is 1. The highest BCUT2D eigenvalue weighted by atomic mass is 127. The minimum atomic E-state index is -0.0590. The van der Waals surface area contributed by atoms with Crippen LogP contribution in [0.25, 0.3) is 0 Å². The van der Waals surface area contributed by atoms with Gasteiger partial charge in [-0.2, -0.15) is 0 Å². The van der Waals surface area contributed by atoms with Gasteiger partial charge in [-0.25, -0.2) is 0 Å². The van der Waals surface area contributed by atoms with Crippen LogP contribution in [0.1, 0.15) is 23.9 Å². The van der Waals surface area contributed by atoms with Crippen LogP contribution in [0.4, 0.5) is 0 Å². The predicted molar refractivity (Wildman–Crippen MR) is 131 cm³/mol. The average Bonchev–Trinajstić information content (AvgIpc) is 3.33. The Labute approximate surface area is 200 Å². The Kier molecular flexibility index (Phi) is 10.5. The molecule has 1 aromatic heterocycles. The second kappa shape index (κ2) is 13.1. The molecular weight excluding hydrogens is 511 g/mol. The molecule has 3 rings (SSSR count). The number of rotatable bonds is 8. The van der Waals surface area contributed by atoms with E-state index in [0.29, 0.717) is 32.0 Å². The first-order valence-electron chi connectivity index (χ1n) is 10.3. The van der Waals surface area contributed by atoms with Crippen LogP contribution < -0.4 is 14.8 Å². The Hall–Kier alpha value is -2.43. The Bertz CT molecular complexity index is 821. The van der Waals surface area contributed by atoms with Crippen molar-refractivity contribution in [1.82, 2.24) is 15.1 Å². The SMILES string of the molecule is CCNC(=NCCCOc1cccc(OC)c1)N1CCN(C(=O)c2ccco2)CC1.I. The van der Waals surface area contributed by atoms with E-state index in [0.717, 1.165) is 43.5 Å². The molecule has 1 N–H and O–H groups in total. The number of benzene rings is 1. The summed E-state index contributed by atoms with van der Waals surface area (Å²) in [6.45, 7) is 6.85. The predicted octanol–water partition coefficient (Wildman–Crippen LogP) is 3.10. The molecular formula is C22H31IN4O4. The van der Waals surface area contributed by atoms with E-state index in [1.54, 1.807) is 19.2 Å². The van der Waals surface area contributed by atoms with Crippen LogP contribution in [0, 0.1) is 0 Å². The summed E-state index contributed by atoms with van der Waals surface area (Å²) in [6.07, 6.45) is 2.33. The second-order valence-corrected chi connectivity index (χ2v) is 6.87. The molecule has 2 heterocycles. The van der Waals surface area contributed by atoms with Gasteiger partial charge in [0.1, 0.15) is 11.5 Å². The van der Waals surface area contributed by atoms with Crippen molar-refractivity contribution in [3.8, 4) is 11.5 Å². The molecule has 2 aromatic rings. The molecule has 0 spiro atoms. The van der Waals surface area contributed by atoms with Gasteiger partial charge in [0.05, 0.1) is 20.0 Å². The first kappa shape index (κ1) is 24.8. The maximum Gasteiger partial charge on any atom is 0.289 e. The van der Waals surface area contributed by atoms with E-state index in [4.69, 9.17) is 18.9 Å². The molecule has 0 saturated carbocycles. The zero-order valence-electron chi connectivity index (χ0n) is 18.1. The van der Waals surface area contributed by atoms with Crippen molar-refractivity contribution in [2.75, 3.05) is 53.0 Å². The molecule has 0 radical (unpaired) electrons. The summed E-state index contributed by atoms with van der Waals surface area (Å²) in [7, 11) is 1.64. The van der Waals surface area contributed by atoms with Crippen LogP contribution in [0.15, 0.2) is 52.1 Å². The van der Waals surface area contributed by atoms with Crippen LogP contribution in [-0.4, -0.2) is 74.7 Å². The number of amides is 1. The maximum atomic E-state index is 12.4. The molecule has 170 valence electrons. The lowest BCUT2D eigenvalue weighted by molar-refractivity contribution is 0.0657. The molecule has 1 amide bonds. The lowest BCUT2D eigenvalue weighted by Gasteiger charge is -2.36. The molecule has 8 nitrogen and oxygen atoms in total. The van der Waals surface area contributed by atoms with Gasteiger partial charge in [-0.1, -0.05) is 6.07 Å². The molecule has 0 atom stereocenters. The summed E-state index contributed by atoms with van der Waals surface area (Å²) in [6, 6.07) is 11.0. The Morgan fingerprint density at radius 1 is 1.13 bits per heavy atom. The van der Waals surface area contributed by atoms with Gasteiger partial charge in [-0.15, -0.1) is 24.0 Å². The van der Waals surface area contributed by atoms with Crippen molar-refractivity contribution in [1.29, 1.82) is 0 Å². The molecule has 0 bridgehead atoms. The summed E-state index contributed by atoms with van der Waals surface area (Å²) >= 11 is 0. The van der Waals surface area contributed by atoms with Gasteiger partial charge in [0, 0.05) is 51.8 Å². The number of nitrogens with zero attached hydrogens (tertiary/aromatic N) is 3. The van der Waals surface area contributed by atoms with Crippen LogP contribution in [0.5, 0.6) is 11.5 Å². The van der Waals surface area contributed by atoms with Gasteiger partial charge in [-0.05, 0) is 31.2 Å². The second-order valence-electron chi connectivity index (χ2n) is 6.87. The van der Waals surface area contributed by atoms with Crippen LogP contribution in [0.2, 0.25) is 0 Å². The van der Waals surface area contributed by atoms with Gasteiger partial charge in [0.2, 0.25) is 0 Å². The minimum absolute atomic E-state index is 0. The zero-order chi connectivity index (χ0) is 21.2. The number of hydrogen-bond acceptors (Lipinski definition) is 5.